The minimum Gasteiger partial charge on any atom is -0.486 e. The van der Waals surface area contributed by atoms with E-state index >= 15 is 0 Å². The number of carbonyl (C=O) groups excluding carboxylic acids is 1. The largest absolute Gasteiger partial charge is 0.486 e. The molecule has 0 aliphatic heterocycles. The first kappa shape index (κ1) is 16.4. The SMILES string of the molecule is CC(COc1c([C@H](C)O)cc(Br)cc1[N+](=O)[O-])C(N)=O. The first-order valence-electron chi connectivity index (χ1n) is 5.82. The number of primary amides is 1. The Morgan fingerprint density at radius 1 is 1.55 bits per heavy atom. The van der Waals surface area contributed by atoms with E-state index in [0.717, 1.165) is 0 Å². The third-order valence-electron chi connectivity index (χ3n) is 2.67. The third-order valence-corrected chi connectivity index (χ3v) is 3.13. The highest BCUT2D eigenvalue weighted by atomic mass is 79.9. The van der Waals surface area contributed by atoms with Gasteiger partial charge < -0.3 is 15.6 Å². The summed E-state index contributed by atoms with van der Waals surface area (Å²) in [7, 11) is 0. The van der Waals surface area contributed by atoms with E-state index in [1.54, 1.807) is 6.92 Å². The maximum absolute atomic E-state index is 11.1. The van der Waals surface area contributed by atoms with Crippen molar-refractivity contribution in [3.63, 3.8) is 0 Å². The second-order valence-corrected chi connectivity index (χ2v) is 5.31. The van der Waals surface area contributed by atoms with Gasteiger partial charge in [-0.2, -0.15) is 0 Å². The van der Waals surface area contributed by atoms with E-state index in [0.29, 0.717) is 4.47 Å². The van der Waals surface area contributed by atoms with Crippen molar-refractivity contribution in [3.8, 4) is 5.75 Å². The predicted molar refractivity (Wildman–Crippen MR) is 75.3 cm³/mol. The van der Waals surface area contributed by atoms with Crippen LogP contribution in [0.4, 0.5) is 5.69 Å². The fraction of sp³-hybridized carbons (Fsp3) is 0.417. The van der Waals surface area contributed by atoms with Gasteiger partial charge in [0.25, 0.3) is 0 Å². The lowest BCUT2D eigenvalue weighted by molar-refractivity contribution is -0.386. The van der Waals surface area contributed by atoms with Crippen molar-refractivity contribution in [2.45, 2.75) is 20.0 Å². The molecule has 1 rings (SSSR count). The van der Waals surface area contributed by atoms with Gasteiger partial charge in [0.05, 0.1) is 23.6 Å². The molecule has 0 aliphatic rings. The predicted octanol–water partition coefficient (Wildman–Crippen LogP) is 1.91. The number of halogens is 1. The van der Waals surface area contributed by atoms with Gasteiger partial charge in [-0.3, -0.25) is 14.9 Å². The first-order valence-corrected chi connectivity index (χ1v) is 6.61. The molecule has 20 heavy (non-hydrogen) atoms. The van der Waals surface area contributed by atoms with Crippen LogP contribution in [0.5, 0.6) is 5.75 Å². The Morgan fingerprint density at radius 2 is 2.15 bits per heavy atom. The maximum Gasteiger partial charge on any atom is 0.312 e. The Labute approximate surface area is 124 Å². The summed E-state index contributed by atoms with van der Waals surface area (Å²) in [4.78, 5) is 21.4. The molecule has 1 aromatic carbocycles. The van der Waals surface area contributed by atoms with Crippen LogP contribution in [0.25, 0.3) is 0 Å². The molecule has 7 nitrogen and oxygen atoms in total. The summed E-state index contributed by atoms with van der Waals surface area (Å²) in [6.07, 6.45) is -0.954. The summed E-state index contributed by atoms with van der Waals surface area (Å²) in [5.41, 5.74) is 5.09. The average Bonchev–Trinajstić information content (AvgIpc) is 2.35. The zero-order valence-corrected chi connectivity index (χ0v) is 12.6. The van der Waals surface area contributed by atoms with E-state index < -0.39 is 22.9 Å². The van der Waals surface area contributed by atoms with Crippen LogP contribution in [0.3, 0.4) is 0 Å². The number of rotatable bonds is 6. The van der Waals surface area contributed by atoms with Crippen LogP contribution in [-0.4, -0.2) is 22.5 Å². The van der Waals surface area contributed by atoms with Crippen molar-refractivity contribution in [1.82, 2.24) is 0 Å². The van der Waals surface area contributed by atoms with E-state index in [1.165, 1.54) is 19.1 Å². The van der Waals surface area contributed by atoms with E-state index in [2.05, 4.69) is 15.9 Å². The second kappa shape index (κ2) is 6.67. The number of nitrogens with zero attached hydrogens (tertiary/aromatic N) is 1. The smallest absolute Gasteiger partial charge is 0.312 e. The quantitative estimate of drug-likeness (QED) is 0.602. The highest BCUT2D eigenvalue weighted by Crippen LogP contribution is 2.38. The minimum atomic E-state index is -0.954. The Bertz CT molecular complexity index is 533. The van der Waals surface area contributed by atoms with Crippen molar-refractivity contribution in [3.05, 3.63) is 32.3 Å². The summed E-state index contributed by atoms with van der Waals surface area (Å²) < 4.78 is 5.80. The zero-order valence-electron chi connectivity index (χ0n) is 11.0. The fourth-order valence-electron chi connectivity index (χ4n) is 1.49. The monoisotopic (exact) mass is 346 g/mol. The number of nitro benzene ring substituents is 1. The van der Waals surface area contributed by atoms with Crippen molar-refractivity contribution in [2.75, 3.05) is 6.61 Å². The fourth-order valence-corrected chi connectivity index (χ4v) is 1.96. The molecule has 8 heteroatoms. The minimum absolute atomic E-state index is 0.0544. The summed E-state index contributed by atoms with van der Waals surface area (Å²) in [5.74, 6) is -1.22. The molecule has 0 aliphatic carbocycles. The highest BCUT2D eigenvalue weighted by molar-refractivity contribution is 9.10. The van der Waals surface area contributed by atoms with Crippen LogP contribution < -0.4 is 10.5 Å². The number of aliphatic hydroxyl groups is 1. The number of hydrogen-bond donors (Lipinski definition) is 2. The lowest BCUT2D eigenvalue weighted by atomic mass is 10.1. The molecule has 0 bridgehead atoms. The van der Waals surface area contributed by atoms with Crippen LogP contribution >= 0.6 is 15.9 Å². The molecule has 0 saturated heterocycles. The molecule has 0 spiro atoms. The third kappa shape index (κ3) is 3.91. The number of carbonyl (C=O) groups is 1. The molecule has 0 saturated carbocycles. The molecule has 1 aromatic rings. The molecular weight excluding hydrogens is 332 g/mol. The molecular formula is C12H15BrN2O5. The van der Waals surface area contributed by atoms with Gasteiger partial charge in [0.15, 0.2) is 0 Å². The van der Waals surface area contributed by atoms with E-state index in [4.69, 9.17) is 10.5 Å². The van der Waals surface area contributed by atoms with Gasteiger partial charge in [0.2, 0.25) is 11.7 Å². The Kier molecular flexibility index (Phi) is 5.46. The molecule has 1 amide bonds. The second-order valence-electron chi connectivity index (χ2n) is 4.39. The number of hydrogen-bond acceptors (Lipinski definition) is 5. The van der Waals surface area contributed by atoms with Gasteiger partial charge in [-0.25, -0.2) is 0 Å². The Balaban J connectivity index is 3.19. The number of benzene rings is 1. The van der Waals surface area contributed by atoms with Gasteiger partial charge in [-0.05, 0) is 13.0 Å². The van der Waals surface area contributed by atoms with Crippen LogP contribution in [0.1, 0.15) is 25.5 Å². The Morgan fingerprint density at radius 3 is 2.60 bits per heavy atom. The summed E-state index contributed by atoms with van der Waals surface area (Å²) >= 11 is 3.14. The molecule has 0 radical (unpaired) electrons. The van der Waals surface area contributed by atoms with Crippen LogP contribution in [0.15, 0.2) is 16.6 Å². The van der Waals surface area contributed by atoms with E-state index in [1.807, 2.05) is 0 Å². The standard InChI is InChI=1S/C12H15BrN2O5/c1-6(12(14)17)5-20-11-9(7(2)16)3-8(13)4-10(11)15(18)19/h3-4,6-7,16H,5H2,1-2H3,(H2,14,17)/t6?,7-/m0/s1. The lowest BCUT2D eigenvalue weighted by Gasteiger charge is -2.15. The zero-order chi connectivity index (χ0) is 15.4. The van der Waals surface area contributed by atoms with Gasteiger partial charge in [-0.15, -0.1) is 0 Å². The van der Waals surface area contributed by atoms with Gasteiger partial charge >= 0.3 is 5.69 Å². The van der Waals surface area contributed by atoms with E-state index in [-0.39, 0.29) is 23.6 Å². The van der Waals surface area contributed by atoms with Crippen molar-refractivity contribution >= 4 is 27.5 Å². The number of nitro groups is 1. The van der Waals surface area contributed by atoms with Crippen molar-refractivity contribution in [1.29, 1.82) is 0 Å². The van der Waals surface area contributed by atoms with Crippen LogP contribution in [0, 0.1) is 16.0 Å². The summed E-state index contributed by atoms with van der Waals surface area (Å²) in [6, 6.07) is 2.80. The van der Waals surface area contributed by atoms with Gasteiger partial charge in [-0.1, -0.05) is 22.9 Å². The molecule has 0 fully saturated rings. The molecule has 2 atom stereocenters. The molecule has 0 heterocycles. The molecule has 0 aromatic heterocycles. The Hall–Kier alpha value is -1.67. The van der Waals surface area contributed by atoms with E-state index in [9.17, 15) is 20.0 Å². The molecule has 110 valence electrons. The average molecular weight is 347 g/mol. The molecule has 1 unspecified atom stereocenters. The number of amides is 1. The maximum atomic E-state index is 11.1. The van der Waals surface area contributed by atoms with Crippen molar-refractivity contribution in [2.24, 2.45) is 11.7 Å². The normalized spacial score (nSPS) is 13.6. The molecule has 3 N–H and O–H groups in total. The highest BCUT2D eigenvalue weighted by Gasteiger charge is 2.24. The number of nitrogens with two attached hydrogens (primary N) is 1. The topological polar surface area (TPSA) is 116 Å². The van der Waals surface area contributed by atoms with Crippen molar-refractivity contribution < 1.29 is 19.6 Å². The first-order chi connectivity index (χ1) is 9.23. The summed E-state index contributed by atoms with van der Waals surface area (Å²) in [6.45, 7) is 2.92. The van der Waals surface area contributed by atoms with Crippen LogP contribution in [-0.2, 0) is 4.79 Å². The van der Waals surface area contributed by atoms with Gasteiger partial charge in [0.1, 0.15) is 0 Å². The van der Waals surface area contributed by atoms with Crippen LogP contribution in [0.2, 0.25) is 0 Å². The number of aliphatic hydroxyl groups excluding tert-OH is 1. The summed E-state index contributed by atoms with van der Waals surface area (Å²) in [5, 5.41) is 20.8. The number of ether oxygens (including phenoxy) is 1. The lowest BCUT2D eigenvalue weighted by Crippen LogP contribution is -2.26. The van der Waals surface area contributed by atoms with Gasteiger partial charge in [0, 0.05) is 16.1 Å².